The van der Waals surface area contributed by atoms with Crippen LogP contribution in [0.25, 0.3) is 0 Å². The minimum absolute atomic E-state index is 0.0880. The van der Waals surface area contributed by atoms with E-state index >= 15 is 0 Å². The molecule has 3 heterocycles. The molecular formula is C22H30N4O3S. The van der Waals surface area contributed by atoms with Gasteiger partial charge >= 0.3 is 0 Å². The smallest absolute Gasteiger partial charge is 0.285 e. The van der Waals surface area contributed by atoms with Crippen molar-refractivity contribution in [1.29, 1.82) is 0 Å². The lowest BCUT2D eigenvalue weighted by molar-refractivity contribution is -0.138. The molecule has 1 aromatic carbocycles. The van der Waals surface area contributed by atoms with Crippen molar-refractivity contribution in [1.82, 2.24) is 14.7 Å². The minimum atomic E-state index is -3.63. The molecule has 0 bridgehead atoms. The number of carbonyl (C=O) groups is 1. The van der Waals surface area contributed by atoms with Gasteiger partial charge in [0.05, 0.1) is 5.92 Å². The zero-order valence-corrected chi connectivity index (χ0v) is 18.2. The van der Waals surface area contributed by atoms with E-state index in [9.17, 15) is 13.2 Å². The van der Waals surface area contributed by atoms with Gasteiger partial charge in [0.1, 0.15) is 4.90 Å². The van der Waals surface area contributed by atoms with Crippen LogP contribution in [0.3, 0.4) is 0 Å². The number of fused-ring (bicyclic) bond motifs is 1. The highest BCUT2D eigenvalue weighted by atomic mass is 32.2. The largest absolute Gasteiger partial charge is 0.355 e. The molecule has 4 aliphatic rings. The van der Waals surface area contributed by atoms with Gasteiger partial charge in [0, 0.05) is 50.9 Å². The van der Waals surface area contributed by atoms with Crippen molar-refractivity contribution in [3.63, 3.8) is 0 Å². The number of rotatable bonds is 2. The summed E-state index contributed by atoms with van der Waals surface area (Å²) in [5.74, 6) is 0.643. The third-order valence-electron chi connectivity index (χ3n) is 7.15. The second-order valence-electron chi connectivity index (χ2n) is 8.97. The molecule has 3 aliphatic heterocycles. The van der Waals surface area contributed by atoms with Crippen LogP contribution >= 0.6 is 0 Å². The van der Waals surface area contributed by atoms with Gasteiger partial charge in [0.25, 0.3) is 10.0 Å². The molecule has 5 rings (SSSR count). The normalized spacial score (nSPS) is 27.2. The van der Waals surface area contributed by atoms with Crippen molar-refractivity contribution in [2.75, 3.05) is 39.3 Å². The standard InChI is InChI=1S/C22H30N4O3S/c27-22(25-14-12-24(13-15-25)18-7-1-2-8-18)17-6-5-11-26(16-17)21-19-9-3-4-10-20(19)30(28,29)23-21/h3-4,9-10,17-18H,1-2,5-8,11-16H2. The monoisotopic (exact) mass is 430 g/mol. The second-order valence-corrected chi connectivity index (χ2v) is 10.5. The van der Waals surface area contributed by atoms with Gasteiger partial charge in [-0.3, -0.25) is 9.69 Å². The molecule has 0 spiro atoms. The highest BCUT2D eigenvalue weighted by Crippen LogP contribution is 2.30. The van der Waals surface area contributed by atoms with Gasteiger partial charge in [-0.25, -0.2) is 0 Å². The highest BCUT2D eigenvalue weighted by Gasteiger charge is 2.37. The van der Waals surface area contributed by atoms with Crippen LogP contribution in [0.15, 0.2) is 33.6 Å². The van der Waals surface area contributed by atoms with Crippen molar-refractivity contribution in [2.45, 2.75) is 49.5 Å². The lowest BCUT2D eigenvalue weighted by atomic mass is 9.95. The summed E-state index contributed by atoms with van der Waals surface area (Å²) in [7, 11) is -3.63. The van der Waals surface area contributed by atoms with Gasteiger partial charge in [0.15, 0.2) is 5.84 Å². The first kappa shape index (κ1) is 20.0. The lowest BCUT2D eigenvalue weighted by Gasteiger charge is -2.41. The molecular weight excluding hydrogens is 400 g/mol. The number of sulfonamides is 1. The summed E-state index contributed by atoms with van der Waals surface area (Å²) in [6.45, 7) is 4.86. The molecule has 7 nitrogen and oxygen atoms in total. The molecule has 8 heteroatoms. The maximum absolute atomic E-state index is 13.2. The van der Waals surface area contributed by atoms with E-state index in [2.05, 4.69) is 9.30 Å². The summed E-state index contributed by atoms with van der Waals surface area (Å²) in [4.78, 5) is 20.1. The first-order valence-corrected chi connectivity index (χ1v) is 12.7. The molecule has 1 aromatic rings. The van der Waals surface area contributed by atoms with Crippen LogP contribution in [0.5, 0.6) is 0 Å². The Labute approximate surface area is 178 Å². The third-order valence-corrected chi connectivity index (χ3v) is 8.47. The maximum atomic E-state index is 13.2. The predicted octanol–water partition coefficient (Wildman–Crippen LogP) is 1.93. The molecule has 1 amide bonds. The van der Waals surface area contributed by atoms with Crippen LogP contribution in [0.4, 0.5) is 0 Å². The Balaban J connectivity index is 1.25. The number of nitrogens with zero attached hydrogens (tertiary/aromatic N) is 4. The molecule has 1 saturated carbocycles. The number of benzene rings is 1. The average molecular weight is 431 g/mol. The fraction of sp³-hybridized carbons (Fsp3) is 0.636. The molecule has 0 N–H and O–H groups in total. The Morgan fingerprint density at radius 3 is 2.43 bits per heavy atom. The number of carbonyl (C=O) groups excluding carboxylic acids is 1. The fourth-order valence-electron chi connectivity index (χ4n) is 5.52. The van der Waals surface area contributed by atoms with E-state index in [-0.39, 0.29) is 16.7 Å². The molecule has 1 unspecified atom stereocenters. The molecule has 2 saturated heterocycles. The molecule has 0 radical (unpaired) electrons. The van der Waals surface area contributed by atoms with Gasteiger partial charge in [0.2, 0.25) is 5.91 Å². The number of amidine groups is 1. The van der Waals surface area contributed by atoms with Crippen molar-refractivity contribution in [3.05, 3.63) is 29.8 Å². The van der Waals surface area contributed by atoms with Gasteiger partial charge in [-0.05, 0) is 37.8 Å². The van der Waals surface area contributed by atoms with Crippen LogP contribution in [0.2, 0.25) is 0 Å². The Kier molecular flexibility index (Phi) is 5.31. The van der Waals surface area contributed by atoms with E-state index in [1.807, 2.05) is 21.9 Å². The van der Waals surface area contributed by atoms with E-state index in [0.29, 0.717) is 17.9 Å². The summed E-state index contributed by atoms with van der Waals surface area (Å²) in [6, 6.07) is 7.70. The van der Waals surface area contributed by atoms with Crippen molar-refractivity contribution >= 4 is 21.8 Å². The maximum Gasteiger partial charge on any atom is 0.285 e. The number of hydrogen-bond acceptors (Lipinski definition) is 5. The highest BCUT2D eigenvalue weighted by molar-refractivity contribution is 7.90. The van der Waals surface area contributed by atoms with Gasteiger partial charge in [-0.1, -0.05) is 25.0 Å². The van der Waals surface area contributed by atoms with Crippen LogP contribution in [-0.4, -0.2) is 80.2 Å². The van der Waals surface area contributed by atoms with E-state index < -0.39 is 10.0 Å². The summed E-state index contributed by atoms with van der Waals surface area (Å²) >= 11 is 0. The number of likely N-dealkylation sites (tertiary alicyclic amines) is 1. The van der Waals surface area contributed by atoms with Crippen LogP contribution in [-0.2, 0) is 14.8 Å². The predicted molar refractivity (Wildman–Crippen MR) is 115 cm³/mol. The van der Waals surface area contributed by atoms with E-state index in [1.165, 1.54) is 25.7 Å². The molecule has 30 heavy (non-hydrogen) atoms. The number of amides is 1. The number of hydrogen-bond donors (Lipinski definition) is 0. The number of piperidine rings is 1. The zero-order valence-electron chi connectivity index (χ0n) is 17.4. The summed E-state index contributed by atoms with van der Waals surface area (Å²) in [6.07, 6.45) is 7.02. The Hall–Kier alpha value is -1.93. The fourth-order valence-corrected chi connectivity index (χ4v) is 6.75. The van der Waals surface area contributed by atoms with Crippen molar-refractivity contribution in [2.24, 2.45) is 10.3 Å². The molecule has 0 aromatic heterocycles. The minimum Gasteiger partial charge on any atom is -0.355 e. The first-order chi connectivity index (χ1) is 14.5. The Bertz CT molecular complexity index is 947. The topological polar surface area (TPSA) is 73.3 Å². The Morgan fingerprint density at radius 2 is 1.67 bits per heavy atom. The zero-order chi connectivity index (χ0) is 20.7. The SMILES string of the molecule is O=C(C1CCCN(C2=NS(=O)(=O)c3ccccc32)C1)N1CCN(C2CCCC2)CC1. The van der Waals surface area contributed by atoms with E-state index in [0.717, 1.165) is 51.6 Å². The van der Waals surface area contributed by atoms with Crippen LogP contribution < -0.4 is 0 Å². The van der Waals surface area contributed by atoms with Crippen LogP contribution in [0.1, 0.15) is 44.1 Å². The first-order valence-electron chi connectivity index (χ1n) is 11.2. The number of piperazine rings is 1. The third kappa shape index (κ3) is 3.64. The van der Waals surface area contributed by atoms with E-state index in [1.54, 1.807) is 12.1 Å². The average Bonchev–Trinajstić information content (AvgIpc) is 3.41. The summed E-state index contributed by atoms with van der Waals surface area (Å²) in [5.41, 5.74) is 0.663. The Morgan fingerprint density at radius 1 is 0.933 bits per heavy atom. The molecule has 1 atom stereocenters. The van der Waals surface area contributed by atoms with Crippen molar-refractivity contribution in [3.8, 4) is 0 Å². The van der Waals surface area contributed by atoms with Crippen LogP contribution in [0, 0.1) is 5.92 Å². The molecule has 3 fully saturated rings. The van der Waals surface area contributed by atoms with Gasteiger partial charge in [-0.15, -0.1) is 4.40 Å². The van der Waals surface area contributed by atoms with E-state index in [4.69, 9.17) is 0 Å². The second kappa shape index (κ2) is 7.96. The molecule has 1 aliphatic carbocycles. The quantitative estimate of drug-likeness (QED) is 0.717. The van der Waals surface area contributed by atoms with Crippen molar-refractivity contribution < 1.29 is 13.2 Å². The van der Waals surface area contributed by atoms with Gasteiger partial charge < -0.3 is 9.80 Å². The molecule has 162 valence electrons. The van der Waals surface area contributed by atoms with Gasteiger partial charge in [-0.2, -0.15) is 8.42 Å². The summed E-state index contributed by atoms with van der Waals surface area (Å²) in [5, 5.41) is 0. The lowest BCUT2D eigenvalue weighted by Crippen LogP contribution is -2.54. The summed E-state index contributed by atoms with van der Waals surface area (Å²) < 4.78 is 28.9.